The summed E-state index contributed by atoms with van der Waals surface area (Å²) < 4.78 is 37.0. The molecule has 0 amide bonds. The Morgan fingerprint density at radius 1 is 1.41 bits per heavy atom. The minimum atomic E-state index is -3.85. The van der Waals surface area contributed by atoms with Crippen molar-refractivity contribution < 1.29 is 27.9 Å². The molecule has 32 heavy (non-hydrogen) atoms. The minimum Gasteiger partial charge on any atom is -0.464 e. The van der Waals surface area contributed by atoms with E-state index in [0.29, 0.717) is 0 Å². The topological polar surface area (TPSA) is 138 Å². The van der Waals surface area contributed by atoms with Crippen LogP contribution in [0.15, 0.2) is 21.9 Å². The van der Waals surface area contributed by atoms with Crippen LogP contribution in [0.4, 0.5) is 0 Å². The van der Waals surface area contributed by atoms with Crippen LogP contribution in [-0.4, -0.2) is 51.9 Å². The van der Waals surface area contributed by atoms with Crippen molar-refractivity contribution in [2.24, 2.45) is 11.8 Å². The number of hydrogen-bond donors (Lipinski definition) is 2. The van der Waals surface area contributed by atoms with Gasteiger partial charge >= 0.3 is 19.4 Å². The van der Waals surface area contributed by atoms with Gasteiger partial charge in [-0.1, -0.05) is 27.7 Å². The first-order valence-corrected chi connectivity index (χ1v) is 12.3. The molecule has 3 heterocycles. The highest BCUT2D eigenvalue weighted by molar-refractivity contribution is 7.51. The zero-order chi connectivity index (χ0) is 23.8. The second-order valence-corrected chi connectivity index (χ2v) is 11.3. The molecule has 1 aromatic heterocycles. The average molecular weight is 494 g/mol. The highest BCUT2D eigenvalue weighted by atomic mass is 35.5. The number of carbonyl (C=O) groups is 1. The summed E-state index contributed by atoms with van der Waals surface area (Å²) in [4.78, 5) is 36.3. The highest BCUT2D eigenvalue weighted by Crippen LogP contribution is 2.57. The summed E-state index contributed by atoms with van der Waals surface area (Å²) in [5.74, 6) is -0.712. The maximum atomic E-state index is 13.4. The third-order valence-corrected chi connectivity index (χ3v) is 7.49. The Morgan fingerprint density at radius 2 is 2.09 bits per heavy atom. The lowest BCUT2D eigenvalue weighted by atomic mass is 10.0. The molecule has 0 aliphatic carbocycles. The number of carbonyl (C=O) groups excluding carboxylic acids is 1. The molecule has 0 saturated carbocycles. The van der Waals surface area contributed by atoms with Crippen molar-refractivity contribution in [3.63, 3.8) is 0 Å². The first kappa shape index (κ1) is 25.1. The van der Waals surface area contributed by atoms with Crippen LogP contribution in [0.5, 0.6) is 0 Å². The summed E-state index contributed by atoms with van der Waals surface area (Å²) in [7, 11) is -3.85. The molecule has 0 aromatic carbocycles. The third kappa shape index (κ3) is 5.18. The summed E-state index contributed by atoms with van der Waals surface area (Å²) in [5, 5.41) is 2.85. The van der Waals surface area contributed by atoms with Crippen LogP contribution >= 0.6 is 19.3 Å². The van der Waals surface area contributed by atoms with Crippen molar-refractivity contribution >= 4 is 25.3 Å². The second-order valence-electron chi connectivity index (χ2n) is 8.78. The predicted octanol–water partition coefficient (Wildman–Crippen LogP) is 1.77. The fourth-order valence-corrected chi connectivity index (χ4v) is 5.84. The number of esters is 1. The van der Waals surface area contributed by atoms with Gasteiger partial charge in [0.05, 0.1) is 18.6 Å². The molecule has 2 saturated heterocycles. The maximum absolute atomic E-state index is 13.4. The molecule has 0 radical (unpaired) electrons. The molecule has 13 heteroatoms. The van der Waals surface area contributed by atoms with Crippen LogP contribution < -0.4 is 16.3 Å². The van der Waals surface area contributed by atoms with Gasteiger partial charge in [-0.25, -0.2) is 14.4 Å². The van der Waals surface area contributed by atoms with Crippen molar-refractivity contribution in [2.45, 2.75) is 64.0 Å². The Bertz CT molecular complexity index is 1010. The molecule has 2 N–H and O–H groups in total. The first-order chi connectivity index (χ1) is 14.8. The summed E-state index contributed by atoms with van der Waals surface area (Å²) in [6.07, 6.45) is -1.29. The molecule has 6 atom stereocenters. The van der Waals surface area contributed by atoms with E-state index < -0.39 is 48.3 Å². The summed E-state index contributed by atoms with van der Waals surface area (Å²) in [5.41, 5.74) is -1.24. The molecule has 3 rings (SSSR count). The van der Waals surface area contributed by atoms with Crippen molar-refractivity contribution in [3.8, 4) is 0 Å². The molecular weight excluding hydrogens is 465 g/mol. The van der Waals surface area contributed by atoms with E-state index >= 15 is 0 Å². The van der Waals surface area contributed by atoms with Gasteiger partial charge in [-0.15, -0.1) is 11.6 Å². The van der Waals surface area contributed by atoms with Crippen LogP contribution in [0.3, 0.4) is 0 Å². The molecule has 2 unspecified atom stereocenters. The molecular formula is C19H29ClN3O8P. The molecule has 180 valence electrons. The fraction of sp³-hybridized carbons (Fsp3) is 0.737. The lowest BCUT2D eigenvalue weighted by molar-refractivity contribution is -0.148. The van der Waals surface area contributed by atoms with E-state index in [0.717, 1.165) is 4.57 Å². The number of nitrogens with zero attached hydrogens (tertiary/aromatic N) is 1. The zero-order valence-corrected chi connectivity index (χ0v) is 20.2. The highest BCUT2D eigenvalue weighted by Gasteiger charge is 2.60. The van der Waals surface area contributed by atoms with Gasteiger partial charge in [0.2, 0.25) is 0 Å². The Labute approximate surface area is 190 Å². The Hall–Kier alpha value is -1.49. The third-order valence-electron chi connectivity index (χ3n) is 5.45. The monoisotopic (exact) mass is 493 g/mol. The van der Waals surface area contributed by atoms with Crippen LogP contribution in [0.25, 0.3) is 0 Å². The van der Waals surface area contributed by atoms with Crippen molar-refractivity contribution in [2.75, 3.05) is 13.2 Å². The summed E-state index contributed by atoms with van der Waals surface area (Å²) >= 11 is 6.74. The number of aromatic amines is 1. The second kappa shape index (κ2) is 9.40. The van der Waals surface area contributed by atoms with E-state index in [1.165, 1.54) is 12.3 Å². The van der Waals surface area contributed by atoms with Gasteiger partial charge < -0.3 is 9.47 Å². The van der Waals surface area contributed by atoms with Crippen molar-refractivity contribution in [1.29, 1.82) is 0 Å². The van der Waals surface area contributed by atoms with Gasteiger partial charge in [-0.3, -0.25) is 28.2 Å². The largest absolute Gasteiger partial charge is 0.464 e. The van der Waals surface area contributed by atoms with Gasteiger partial charge in [0.15, 0.2) is 6.23 Å². The zero-order valence-electron chi connectivity index (χ0n) is 18.6. The number of H-pyrrole nitrogens is 1. The Kier molecular flexibility index (Phi) is 7.39. The van der Waals surface area contributed by atoms with Crippen LogP contribution in [0, 0.1) is 11.8 Å². The van der Waals surface area contributed by atoms with E-state index in [2.05, 4.69) is 10.1 Å². The predicted molar refractivity (Wildman–Crippen MR) is 115 cm³/mol. The summed E-state index contributed by atoms with van der Waals surface area (Å²) in [6, 6.07) is 0.677. The molecule has 2 fully saturated rings. The van der Waals surface area contributed by atoms with Crippen LogP contribution in [-0.2, 0) is 27.9 Å². The molecule has 0 bridgehead atoms. The smallest absolute Gasteiger partial charge is 0.406 e. The quantitative estimate of drug-likeness (QED) is 0.330. The number of fused-ring (bicyclic) bond motifs is 1. The fourth-order valence-electron chi connectivity index (χ4n) is 3.46. The average Bonchev–Trinajstić information content (AvgIpc) is 2.94. The van der Waals surface area contributed by atoms with Gasteiger partial charge in [-0.05, 0) is 12.8 Å². The van der Waals surface area contributed by atoms with Gasteiger partial charge in [0, 0.05) is 12.3 Å². The van der Waals surface area contributed by atoms with Gasteiger partial charge in [0.25, 0.3) is 5.56 Å². The SMILES string of the molecule is CC(C)C(=O)OCC(NP1(=O)OC[C@H]2O[C@@H](n3ccc(=O)[nH]c3=O)[C@](C)(Cl)[C@@H]2O1)C(C)C. The molecule has 2 aliphatic rings. The summed E-state index contributed by atoms with van der Waals surface area (Å²) in [6.45, 7) is 8.70. The Balaban J connectivity index is 1.76. The number of halogens is 1. The van der Waals surface area contributed by atoms with E-state index in [-0.39, 0.29) is 31.0 Å². The maximum Gasteiger partial charge on any atom is 0.406 e. The standard InChI is InChI=1S/C19H29ClN3O8P/c1-10(2)12(8-28-16(25)11(3)4)22-32(27)29-9-13-15(31-32)19(5,20)17(30-13)23-7-6-14(24)21-18(23)26/h6-7,10-13,15,17H,8-9H2,1-5H3,(H,22,27)(H,21,24,26)/t12?,13-,15-,17-,19-,32?/m1/s1. The molecule has 1 aromatic rings. The van der Waals surface area contributed by atoms with Crippen molar-refractivity contribution in [1.82, 2.24) is 14.6 Å². The number of ether oxygens (including phenoxy) is 2. The normalized spacial score (nSPS) is 33.3. The first-order valence-electron chi connectivity index (χ1n) is 10.4. The lowest BCUT2D eigenvalue weighted by Crippen LogP contribution is -2.48. The molecule has 11 nitrogen and oxygen atoms in total. The number of aromatic nitrogens is 2. The number of nitrogens with one attached hydrogen (secondary N) is 2. The Morgan fingerprint density at radius 3 is 2.69 bits per heavy atom. The van der Waals surface area contributed by atoms with Gasteiger partial charge in [-0.2, -0.15) is 0 Å². The number of hydrogen-bond acceptors (Lipinski definition) is 8. The number of alkyl halides is 1. The van der Waals surface area contributed by atoms with Crippen molar-refractivity contribution in [3.05, 3.63) is 33.1 Å². The minimum absolute atomic E-state index is 0.0104. The van der Waals surface area contributed by atoms with Gasteiger partial charge in [0.1, 0.15) is 23.7 Å². The van der Waals surface area contributed by atoms with Crippen LogP contribution in [0.1, 0.15) is 40.8 Å². The van der Waals surface area contributed by atoms with E-state index in [1.54, 1.807) is 20.8 Å². The number of rotatable bonds is 7. The molecule has 0 spiro atoms. The van der Waals surface area contributed by atoms with E-state index in [4.69, 9.17) is 30.1 Å². The van der Waals surface area contributed by atoms with E-state index in [9.17, 15) is 18.9 Å². The van der Waals surface area contributed by atoms with E-state index in [1.807, 2.05) is 13.8 Å². The molecule has 2 aliphatic heterocycles. The van der Waals surface area contributed by atoms with Crippen LogP contribution in [0.2, 0.25) is 0 Å². The lowest BCUT2D eigenvalue weighted by Gasteiger charge is -2.37.